The molecule has 1 heterocycles. The molecular weight excluding hydrogens is 240 g/mol. The Bertz CT molecular complexity index is 577. The first-order valence-electron chi connectivity index (χ1n) is 5.20. The maximum absolute atomic E-state index is 12.0. The number of benzene rings is 1. The lowest BCUT2D eigenvalue weighted by Gasteiger charge is -2.05. The fraction of sp³-hybridized carbons (Fsp3) is 0.250. The molecule has 2 aromatic rings. The molecule has 0 radical (unpaired) electrons. The first kappa shape index (κ1) is 12.1. The van der Waals surface area contributed by atoms with Crippen molar-refractivity contribution in [1.82, 2.24) is 4.57 Å². The Morgan fingerprint density at radius 1 is 1.59 bits per heavy atom. The number of hydrogen-bond donors (Lipinski definition) is 2. The van der Waals surface area contributed by atoms with Gasteiger partial charge < -0.3 is 15.4 Å². The Morgan fingerprint density at radius 2 is 2.29 bits per heavy atom. The lowest BCUT2D eigenvalue weighted by molar-refractivity contribution is 0.0927. The molecule has 1 unspecified atom stereocenters. The Kier molecular flexibility index (Phi) is 3.19. The molecule has 0 amide bonds. The van der Waals surface area contributed by atoms with E-state index in [9.17, 15) is 4.79 Å². The van der Waals surface area contributed by atoms with Crippen LogP contribution >= 0.6 is 11.6 Å². The minimum absolute atomic E-state index is 0.277. The zero-order valence-electron chi connectivity index (χ0n) is 9.35. The van der Waals surface area contributed by atoms with Gasteiger partial charge in [0.1, 0.15) is 0 Å². The van der Waals surface area contributed by atoms with E-state index in [2.05, 4.69) is 0 Å². The van der Waals surface area contributed by atoms with E-state index in [1.54, 1.807) is 18.3 Å². The third kappa shape index (κ3) is 2.07. The van der Waals surface area contributed by atoms with Gasteiger partial charge in [-0.3, -0.25) is 4.79 Å². The Hall–Kier alpha value is -1.36. The second-order valence-corrected chi connectivity index (χ2v) is 4.40. The molecule has 4 nitrogen and oxygen atoms in total. The smallest absolute Gasteiger partial charge is 0.184 e. The maximum atomic E-state index is 12.0. The predicted octanol–water partition coefficient (Wildman–Crippen LogP) is 1.33. The van der Waals surface area contributed by atoms with Gasteiger partial charge in [0, 0.05) is 34.7 Å². The first-order chi connectivity index (χ1) is 8.04. The molecule has 1 aromatic carbocycles. The fourth-order valence-electron chi connectivity index (χ4n) is 1.84. The van der Waals surface area contributed by atoms with Crippen molar-refractivity contribution in [2.75, 3.05) is 6.61 Å². The molecule has 90 valence electrons. The van der Waals surface area contributed by atoms with Crippen LogP contribution in [0.2, 0.25) is 5.02 Å². The summed E-state index contributed by atoms with van der Waals surface area (Å²) in [6.45, 7) is -0.365. The van der Waals surface area contributed by atoms with E-state index in [0.29, 0.717) is 10.6 Å². The zero-order chi connectivity index (χ0) is 12.6. The van der Waals surface area contributed by atoms with Crippen LogP contribution in [0.3, 0.4) is 0 Å². The van der Waals surface area contributed by atoms with Gasteiger partial charge in [-0.25, -0.2) is 0 Å². The van der Waals surface area contributed by atoms with Crippen LogP contribution in [0.15, 0.2) is 24.4 Å². The Labute approximate surface area is 104 Å². The topological polar surface area (TPSA) is 68.2 Å². The number of nitrogens with zero attached hydrogens (tertiary/aromatic N) is 1. The number of carbonyl (C=O) groups excluding carboxylic acids is 1. The minimum atomic E-state index is -0.889. The molecule has 0 aliphatic heterocycles. The van der Waals surface area contributed by atoms with Crippen molar-refractivity contribution in [1.29, 1.82) is 0 Å². The largest absolute Gasteiger partial charge is 0.394 e. The summed E-state index contributed by atoms with van der Waals surface area (Å²) in [6.07, 6.45) is 1.71. The summed E-state index contributed by atoms with van der Waals surface area (Å²) in [5.41, 5.74) is 6.94. The number of hydrogen-bond acceptors (Lipinski definition) is 3. The molecule has 2 rings (SSSR count). The van der Waals surface area contributed by atoms with Crippen LogP contribution in [-0.2, 0) is 7.05 Å². The van der Waals surface area contributed by atoms with Crippen LogP contribution in [0.4, 0.5) is 0 Å². The number of Topliss-reactive ketones (excluding diaryl/α,β-unsaturated/α-hetero) is 1. The Morgan fingerprint density at radius 3 is 2.94 bits per heavy atom. The molecule has 3 N–H and O–H groups in total. The molecule has 17 heavy (non-hydrogen) atoms. The third-order valence-corrected chi connectivity index (χ3v) is 2.99. The van der Waals surface area contributed by atoms with Crippen LogP contribution < -0.4 is 5.73 Å². The van der Waals surface area contributed by atoms with E-state index < -0.39 is 6.04 Å². The summed E-state index contributed by atoms with van der Waals surface area (Å²) >= 11 is 5.92. The molecule has 1 aromatic heterocycles. The first-order valence-corrected chi connectivity index (χ1v) is 5.57. The second-order valence-electron chi connectivity index (χ2n) is 3.97. The van der Waals surface area contributed by atoms with Crippen molar-refractivity contribution < 1.29 is 9.90 Å². The third-order valence-electron chi connectivity index (χ3n) is 2.75. The monoisotopic (exact) mass is 252 g/mol. The van der Waals surface area contributed by atoms with Crippen molar-refractivity contribution >= 4 is 28.3 Å². The van der Waals surface area contributed by atoms with E-state index in [-0.39, 0.29) is 12.4 Å². The highest BCUT2D eigenvalue weighted by Crippen LogP contribution is 2.25. The van der Waals surface area contributed by atoms with Crippen molar-refractivity contribution in [3.8, 4) is 0 Å². The Balaban J connectivity index is 2.62. The lowest BCUT2D eigenvalue weighted by atomic mass is 10.0. The number of halogens is 1. The second kappa shape index (κ2) is 4.49. The summed E-state index contributed by atoms with van der Waals surface area (Å²) in [5.74, 6) is -0.277. The van der Waals surface area contributed by atoms with Gasteiger partial charge >= 0.3 is 0 Å². The van der Waals surface area contributed by atoms with Gasteiger partial charge in [-0.2, -0.15) is 0 Å². The van der Waals surface area contributed by atoms with Crippen LogP contribution in [0.1, 0.15) is 10.4 Å². The van der Waals surface area contributed by atoms with Crippen molar-refractivity contribution in [2.45, 2.75) is 6.04 Å². The minimum Gasteiger partial charge on any atom is -0.394 e. The molecule has 0 saturated carbocycles. The SMILES string of the molecule is Cn1cc(C(=O)C(N)CO)c2cc(Cl)ccc21. The lowest BCUT2D eigenvalue weighted by Crippen LogP contribution is -2.33. The van der Waals surface area contributed by atoms with Gasteiger partial charge in [0.05, 0.1) is 12.6 Å². The molecule has 0 aliphatic rings. The normalized spacial score (nSPS) is 12.9. The number of rotatable bonds is 3. The maximum Gasteiger partial charge on any atom is 0.184 e. The summed E-state index contributed by atoms with van der Waals surface area (Å²) in [5, 5.41) is 10.2. The molecule has 0 fully saturated rings. The van der Waals surface area contributed by atoms with Crippen molar-refractivity contribution in [2.24, 2.45) is 12.8 Å². The number of fused-ring (bicyclic) bond motifs is 1. The average molecular weight is 253 g/mol. The van der Waals surface area contributed by atoms with Crippen molar-refractivity contribution in [3.63, 3.8) is 0 Å². The van der Waals surface area contributed by atoms with E-state index in [1.807, 2.05) is 17.7 Å². The van der Waals surface area contributed by atoms with Gasteiger partial charge in [0.2, 0.25) is 0 Å². The summed E-state index contributed by atoms with van der Waals surface area (Å²) < 4.78 is 1.84. The standard InChI is InChI=1S/C12H13ClN2O2/c1-15-5-9(12(17)10(14)6-16)8-4-7(13)2-3-11(8)15/h2-5,10,16H,6,14H2,1H3. The molecular formula is C12H13ClN2O2. The van der Waals surface area contributed by atoms with E-state index in [4.69, 9.17) is 22.4 Å². The zero-order valence-corrected chi connectivity index (χ0v) is 10.1. The highest BCUT2D eigenvalue weighted by Gasteiger charge is 2.19. The number of ketones is 1. The molecule has 0 spiro atoms. The van der Waals surface area contributed by atoms with Crippen LogP contribution in [0, 0.1) is 0 Å². The molecule has 5 heteroatoms. The highest BCUT2D eigenvalue weighted by atomic mass is 35.5. The van der Waals surface area contributed by atoms with E-state index >= 15 is 0 Å². The van der Waals surface area contributed by atoms with E-state index in [1.165, 1.54) is 0 Å². The van der Waals surface area contributed by atoms with Gasteiger partial charge in [0.15, 0.2) is 5.78 Å². The van der Waals surface area contributed by atoms with Gasteiger partial charge in [0.25, 0.3) is 0 Å². The molecule has 0 saturated heterocycles. The number of aliphatic hydroxyl groups is 1. The average Bonchev–Trinajstić information content (AvgIpc) is 2.64. The fourth-order valence-corrected chi connectivity index (χ4v) is 2.02. The molecule has 1 atom stereocenters. The number of aliphatic hydroxyl groups excluding tert-OH is 1. The van der Waals surface area contributed by atoms with Gasteiger partial charge in [-0.15, -0.1) is 0 Å². The van der Waals surface area contributed by atoms with E-state index in [0.717, 1.165) is 10.9 Å². The predicted molar refractivity (Wildman–Crippen MR) is 67.3 cm³/mol. The number of nitrogens with two attached hydrogens (primary N) is 1. The van der Waals surface area contributed by atoms with Crippen LogP contribution in [0.5, 0.6) is 0 Å². The van der Waals surface area contributed by atoms with Crippen molar-refractivity contribution in [3.05, 3.63) is 35.0 Å². The quantitative estimate of drug-likeness (QED) is 0.810. The molecule has 0 aliphatic carbocycles. The summed E-state index contributed by atoms with van der Waals surface area (Å²) in [4.78, 5) is 12.0. The molecule has 0 bridgehead atoms. The summed E-state index contributed by atoms with van der Waals surface area (Å²) in [7, 11) is 1.84. The summed E-state index contributed by atoms with van der Waals surface area (Å²) in [6, 6.07) is 4.46. The van der Waals surface area contributed by atoms with Crippen LogP contribution in [0.25, 0.3) is 10.9 Å². The number of aromatic nitrogens is 1. The highest BCUT2D eigenvalue weighted by molar-refractivity contribution is 6.31. The van der Waals surface area contributed by atoms with Crippen LogP contribution in [-0.4, -0.2) is 28.1 Å². The number of aryl methyl sites for hydroxylation is 1. The van der Waals surface area contributed by atoms with Gasteiger partial charge in [-0.05, 0) is 18.2 Å². The number of carbonyl (C=O) groups is 1. The van der Waals surface area contributed by atoms with Gasteiger partial charge in [-0.1, -0.05) is 11.6 Å².